The van der Waals surface area contributed by atoms with Crippen molar-refractivity contribution in [3.63, 3.8) is 0 Å². The molecule has 0 spiro atoms. The summed E-state index contributed by atoms with van der Waals surface area (Å²) < 4.78 is 13.8. The highest BCUT2D eigenvalue weighted by Crippen LogP contribution is 2.31. The van der Waals surface area contributed by atoms with Crippen molar-refractivity contribution in [1.29, 1.82) is 0 Å². The van der Waals surface area contributed by atoms with Crippen molar-refractivity contribution in [2.75, 3.05) is 31.6 Å². The molecule has 1 aliphatic heterocycles. The molecule has 1 aromatic rings. The number of halogens is 1. The van der Waals surface area contributed by atoms with Crippen LogP contribution >= 0.6 is 0 Å². The summed E-state index contributed by atoms with van der Waals surface area (Å²) in [6.45, 7) is 11.1. The van der Waals surface area contributed by atoms with Crippen LogP contribution in [0, 0.1) is 12.7 Å². The zero-order valence-electron chi connectivity index (χ0n) is 13.2. The molecular weight excluding hydrogens is 253 g/mol. The molecule has 0 saturated carbocycles. The van der Waals surface area contributed by atoms with Crippen molar-refractivity contribution in [2.24, 2.45) is 5.73 Å². The van der Waals surface area contributed by atoms with Gasteiger partial charge in [-0.15, -0.1) is 0 Å². The molecule has 0 aliphatic carbocycles. The molecule has 2 N–H and O–H groups in total. The Morgan fingerprint density at radius 3 is 2.50 bits per heavy atom. The Morgan fingerprint density at radius 1 is 1.30 bits per heavy atom. The van der Waals surface area contributed by atoms with E-state index in [1.165, 1.54) is 0 Å². The van der Waals surface area contributed by atoms with Gasteiger partial charge in [-0.3, -0.25) is 4.90 Å². The molecule has 3 nitrogen and oxygen atoms in total. The summed E-state index contributed by atoms with van der Waals surface area (Å²) in [6.07, 6.45) is 0. The van der Waals surface area contributed by atoms with Crippen molar-refractivity contribution in [1.82, 2.24) is 4.90 Å². The smallest absolute Gasteiger partial charge is 0.126 e. The first-order valence-corrected chi connectivity index (χ1v) is 7.24. The van der Waals surface area contributed by atoms with E-state index in [0.29, 0.717) is 5.56 Å². The molecule has 0 amide bonds. The molecule has 112 valence electrons. The molecule has 0 radical (unpaired) electrons. The first kappa shape index (κ1) is 15.3. The second kappa shape index (κ2) is 5.34. The molecule has 1 fully saturated rings. The van der Waals surface area contributed by atoms with Gasteiger partial charge in [-0.1, -0.05) is 0 Å². The number of likely N-dealkylation sites (N-methyl/N-ethyl adjacent to an activating group) is 1. The minimum atomic E-state index is -0.172. The van der Waals surface area contributed by atoms with Gasteiger partial charge in [0, 0.05) is 36.9 Å². The van der Waals surface area contributed by atoms with E-state index in [1.54, 1.807) is 6.07 Å². The van der Waals surface area contributed by atoms with Gasteiger partial charge in [-0.25, -0.2) is 4.39 Å². The average molecular weight is 279 g/mol. The van der Waals surface area contributed by atoms with E-state index in [2.05, 4.69) is 30.7 Å². The van der Waals surface area contributed by atoms with Crippen LogP contribution in [-0.2, 0) is 0 Å². The van der Waals surface area contributed by atoms with Crippen LogP contribution < -0.4 is 10.6 Å². The molecular formula is C16H26FN3. The summed E-state index contributed by atoms with van der Waals surface area (Å²) in [7, 11) is 2.15. The highest BCUT2D eigenvalue weighted by Gasteiger charge is 2.32. The van der Waals surface area contributed by atoms with E-state index in [4.69, 9.17) is 5.73 Å². The molecule has 20 heavy (non-hydrogen) atoms. The second-order valence-electron chi connectivity index (χ2n) is 6.60. The molecule has 1 atom stereocenters. The highest BCUT2D eigenvalue weighted by molar-refractivity contribution is 5.57. The van der Waals surface area contributed by atoms with Gasteiger partial charge in [-0.05, 0) is 58.0 Å². The molecule has 1 unspecified atom stereocenters. The summed E-state index contributed by atoms with van der Waals surface area (Å²) in [4.78, 5) is 4.70. The Morgan fingerprint density at radius 2 is 1.95 bits per heavy atom. The quantitative estimate of drug-likeness (QED) is 0.903. The number of aryl methyl sites for hydroxylation is 1. The van der Waals surface area contributed by atoms with Crippen molar-refractivity contribution in [3.8, 4) is 0 Å². The lowest BCUT2D eigenvalue weighted by atomic mass is 9.96. The SMILES string of the molecule is Cc1cc(N2CCN(C)C(C)(C)C2)c(C(C)N)cc1F. The monoisotopic (exact) mass is 279 g/mol. The molecule has 2 rings (SSSR count). The number of rotatable bonds is 2. The summed E-state index contributed by atoms with van der Waals surface area (Å²) >= 11 is 0. The van der Waals surface area contributed by atoms with Crippen molar-refractivity contribution in [2.45, 2.75) is 39.3 Å². The fourth-order valence-electron chi connectivity index (χ4n) is 2.77. The predicted octanol–water partition coefficient (Wildman–Crippen LogP) is 2.68. The molecule has 1 aromatic carbocycles. The van der Waals surface area contributed by atoms with E-state index in [0.717, 1.165) is 30.9 Å². The third-order valence-electron chi connectivity index (χ3n) is 4.46. The lowest BCUT2D eigenvalue weighted by Crippen LogP contribution is -2.58. The van der Waals surface area contributed by atoms with Crippen LogP contribution in [0.25, 0.3) is 0 Å². The molecule has 0 bridgehead atoms. The summed E-state index contributed by atoms with van der Waals surface area (Å²) in [5.74, 6) is -0.172. The number of benzene rings is 1. The maximum absolute atomic E-state index is 13.8. The highest BCUT2D eigenvalue weighted by atomic mass is 19.1. The zero-order chi connectivity index (χ0) is 15.1. The summed E-state index contributed by atoms with van der Waals surface area (Å²) in [5, 5.41) is 0. The Balaban J connectivity index is 2.40. The largest absolute Gasteiger partial charge is 0.368 e. The maximum Gasteiger partial charge on any atom is 0.126 e. The van der Waals surface area contributed by atoms with Gasteiger partial charge < -0.3 is 10.6 Å². The van der Waals surface area contributed by atoms with Crippen molar-refractivity contribution < 1.29 is 4.39 Å². The van der Waals surface area contributed by atoms with Crippen LogP contribution in [0.2, 0.25) is 0 Å². The molecule has 4 heteroatoms. The van der Waals surface area contributed by atoms with Crippen LogP contribution in [0.3, 0.4) is 0 Å². The Labute approximate surface area is 121 Å². The van der Waals surface area contributed by atoms with Gasteiger partial charge in [-0.2, -0.15) is 0 Å². The third-order valence-corrected chi connectivity index (χ3v) is 4.46. The van der Waals surface area contributed by atoms with Crippen LogP contribution in [0.1, 0.15) is 37.9 Å². The van der Waals surface area contributed by atoms with Gasteiger partial charge in [0.1, 0.15) is 5.82 Å². The molecule has 1 aliphatic rings. The van der Waals surface area contributed by atoms with E-state index < -0.39 is 0 Å². The van der Waals surface area contributed by atoms with Crippen molar-refractivity contribution in [3.05, 3.63) is 29.1 Å². The minimum Gasteiger partial charge on any atom is -0.368 e. The van der Waals surface area contributed by atoms with Crippen LogP contribution in [0.4, 0.5) is 10.1 Å². The number of hydrogen-bond donors (Lipinski definition) is 1. The van der Waals surface area contributed by atoms with Crippen LogP contribution in [0.5, 0.6) is 0 Å². The third kappa shape index (κ3) is 2.81. The molecule has 0 aromatic heterocycles. The van der Waals surface area contributed by atoms with Gasteiger partial charge in [0.15, 0.2) is 0 Å². The lowest BCUT2D eigenvalue weighted by Gasteiger charge is -2.47. The van der Waals surface area contributed by atoms with Gasteiger partial charge in [0.25, 0.3) is 0 Å². The number of hydrogen-bond acceptors (Lipinski definition) is 3. The van der Waals surface area contributed by atoms with Crippen LogP contribution in [-0.4, -0.2) is 37.1 Å². The molecule has 1 heterocycles. The first-order chi connectivity index (χ1) is 9.22. The number of piperazine rings is 1. The first-order valence-electron chi connectivity index (χ1n) is 7.24. The summed E-state index contributed by atoms with van der Waals surface area (Å²) in [6, 6.07) is 3.37. The second-order valence-corrected chi connectivity index (χ2v) is 6.60. The number of nitrogens with zero attached hydrogens (tertiary/aromatic N) is 2. The standard InChI is InChI=1S/C16H26FN3/c1-11-8-15(13(12(2)18)9-14(11)17)20-7-6-19(5)16(3,4)10-20/h8-9,12H,6-7,10,18H2,1-5H3. The fourth-order valence-corrected chi connectivity index (χ4v) is 2.77. The van der Waals surface area contributed by atoms with E-state index in [-0.39, 0.29) is 17.4 Å². The van der Waals surface area contributed by atoms with E-state index >= 15 is 0 Å². The van der Waals surface area contributed by atoms with Gasteiger partial charge in [0.2, 0.25) is 0 Å². The lowest BCUT2D eigenvalue weighted by molar-refractivity contribution is 0.138. The van der Waals surface area contributed by atoms with Crippen molar-refractivity contribution >= 4 is 5.69 Å². The van der Waals surface area contributed by atoms with E-state index in [1.807, 2.05) is 19.9 Å². The maximum atomic E-state index is 13.8. The minimum absolute atomic E-state index is 0.107. The summed E-state index contributed by atoms with van der Waals surface area (Å²) in [5.41, 5.74) is 8.80. The average Bonchev–Trinajstić information content (AvgIpc) is 2.35. The normalized spacial score (nSPS) is 21.1. The number of anilines is 1. The Hall–Kier alpha value is -1.13. The number of nitrogens with two attached hydrogens (primary N) is 1. The topological polar surface area (TPSA) is 32.5 Å². The van der Waals surface area contributed by atoms with Gasteiger partial charge in [0.05, 0.1) is 0 Å². The van der Waals surface area contributed by atoms with Gasteiger partial charge >= 0.3 is 0 Å². The van der Waals surface area contributed by atoms with Crippen LogP contribution in [0.15, 0.2) is 12.1 Å². The molecule has 1 saturated heterocycles. The Kier molecular flexibility index (Phi) is 4.07. The zero-order valence-corrected chi connectivity index (χ0v) is 13.2. The Bertz CT molecular complexity index is 497. The fraction of sp³-hybridized carbons (Fsp3) is 0.625. The van der Waals surface area contributed by atoms with E-state index in [9.17, 15) is 4.39 Å². The predicted molar refractivity (Wildman–Crippen MR) is 82.7 cm³/mol.